The van der Waals surface area contributed by atoms with E-state index < -0.39 is 5.97 Å². The smallest absolute Gasteiger partial charge is 0.337 e. The number of nitrogens with one attached hydrogen (secondary N) is 1. The lowest BCUT2D eigenvalue weighted by atomic mass is 9.48. The molecule has 4 nitrogen and oxygen atoms in total. The Labute approximate surface area is 205 Å². The van der Waals surface area contributed by atoms with Crippen molar-refractivity contribution in [3.63, 3.8) is 0 Å². The number of benzene rings is 2. The molecule has 4 aliphatic carbocycles. The molecule has 174 valence electrons. The SMILES string of the molecule is O=C(O)c1cccnc1Cc1ccc(Nc2ccc(C34CC5CC(CC(C5)C3)C4)cc2Cl)cc1. The van der Waals surface area contributed by atoms with E-state index in [0.29, 0.717) is 17.5 Å². The Balaban J connectivity index is 1.17. The Morgan fingerprint density at radius 2 is 1.68 bits per heavy atom. The van der Waals surface area contributed by atoms with E-state index in [4.69, 9.17) is 11.6 Å². The van der Waals surface area contributed by atoms with E-state index in [1.807, 2.05) is 24.3 Å². The number of nitrogens with zero attached hydrogens (tertiary/aromatic N) is 1. The molecule has 0 atom stereocenters. The van der Waals surface area contributed by atoms with E-state index in [1.54, 1.807) is 18.3 Å². The molecular weight excluding hydrogens is 444 g/mol. The number of pyridine rings is 1. The quantitative estimate of drug-likeness (QED) is 0.397. The van der Waals surface area contributed by atoms with Gasteiger partial charge in [0.15, 0.2) is 0 Å². The molecule has 0 unspecified atom stereocenters. The van der Waals surface area contributed by atoms with E-state index in [9.17, 15) is 9.90 Å². The molecule has 5 heteroatoms. The molecule has 4 bridgehead atoms. The minimum atomic E-state index is -0.951. The van der Waals surface area contributed by atoms with Crippen LogP contribution in [-0.2, 0) is 11.8 Å². The molecule has 2 aromatic carbocycles. The van der Waals surface area contributed by atoms with Crippen LogP contribution < -0.4 is 5.32 Å². The van der Waals surface area contributed by atoms with Gasteiger partial charge in [0.2, 0.25) is 0 Å². The van der Waals surface area contributed by atoms with Crippen LogP contribution >= 0.6 is 11.6 Å². The van der Waals surface area contributed by atoms with Crippen LogP contribution in [-0.4, -0.2) is 16.1 Å². The lowest BCUT2D eigenvalue weighted by Gasteiger charge is -2.57. The van der Waals surface area contributed by atoms with Gasteiger partial charge in [0.1, 0.15) is 0 Å². The highest BCUT2D eigenvalue weighted by Crippen LogP contribution is 2.61. The van der Waals surface area contributed by atoms with Crippen molar-refractivity contribution < 1.29 is 9.90 Å². The number of aromatic carboxylic acids is 1. The van der Waals surface area contributed by atoms with Crippen molar-refractivity contribution in [1.29, 1.82) is 0 Å². The van der Waals surface area contributed by atoms with Gasteiger partial charge in [-0.2, -0.15) is 0 Å². The zero-order chi connectivity index (χ0) is 23.3. The number of carboxylic acid groups (broad SMARTS) is 1. The van der Waals surface area contributed by atoms with Crippen LogP contribution in [0.25, 0.3) is 0 Å². The van der Waals surface area contributed by atoms with Crippen molar-refractivity contribution in [2.45, 2.75) is 50.4 Å². The average molecular weight is 473 g/mol. The maximum atomic E-state index is 11.4. The highest BCUT2D eigenvalue weighted by Gasteiger charge is 2.51. The van der Waals surface area contributed by atoms with Crippen LogP contribution in [0.15, 0.2) is 60.8 Å². The molecule has 0 spiro atoms. The number of aromatic nitrogens is 1. The Hall–Kier alpha value is -2.85. The van der Waals surface area contributed by atoms with Crippen molar-refractivity contribution in [2.75, 3.05) is 5.32 Å². The largest absolute Gasteiger partial charge is 0.478 e. The number of rotatable bonds is 6. The first kappa shape index (κ1) is 21.7. The van der Waals surface area contributed by atoms with Gasteiger partial charge in [0.05, 0.1) is 22.0 Å². The van der Waals surface area contributed by atoms with Crippen molar-refractivity contribution in [2.24, 2.45) is 17.8 Å². The highest BCUT2D eigenvalue weighted by molar-refractivity contribution is 6.33. The zero-order valence-electron chi connectivity index (χ0n) is 19.1. The van der Waals surface area contributed by atoms with Crippen molar-refractivity contribution in [3.05, 3.63) is 88.2 Å². The number of carbonyl (C=O) groups is 1. The number of hydrogen-bond acceptors (Lipinski definition) is 3. The molecule has 4 aliphatic rings. The van der Waals surface area contributed by atoms with E-state index >= 15 is 0 Å². The van der Waals surface area contributed by atoms with Crippen LogP contribution in [0.4, 0.5) is 11.4 Å². The van der Waals surface area contributed by atoms with Crippen LogP contribution in [0.3, 0.4) is 0 Å². The normalized spacial score (nSPS) is 27.0. The van der Waals surface area contributed by atoms with Gasteiger partial charge in [-0.05, 0) is 109 Å². The molecule has 7 rings (SSSR count). The van der Waals surface area contributed by atoms with Gasteiger partial charge in [-0.25, -0.2) is 4.79 Å². The van der Waals surface area contributed by atoms with Gasteiger partial charge in [-0.3, -0.25) is 4.98 Å². The van der Waals surface area contributed by atoms with E-state index in [1.165, 1.54) is 44.1 Å². The van der Waals surface area contributed by atoms with Gasteiger partial charge >= 0.3 is 5.97 Å². The first-order valence-corrected chi connectivity index (χ1v) is 12.7. The van der Waals surface area contributed by atoms with Crippen LogP contribution in [0.1, 0.15) is 65.7 Å². The molecule has 0 amide bonds. The minimum absolute atomic E-state index is 0.246. The standard InChI is InChI=1S/C29H29ClN2O2/c30-25-14-22(29-15-19-10-20(16-29)12-21(11-19)17-29)5-8-26(25)32-23-6-3-18(4-7-23)13-27-24(28(33)34)2-1-9-31-27/h1-9,14,19-21,32H,10-13,15-17H2,(H,33,34). The van der Waals surface area contributed by atoms with Gasteiger partial charge in [-0.15, -0.1) is 0 Å². The van der Waals surface area contributed by atoms with Crippen LogP contribution in [0.2, 0.25) is 5.02 Å². The zero-order valence-corrected chi connectivity index (χ0v) is 19.9. The Morgan fingerprint density at radius 1 is 1.00 bits per heavy atom. The third kappa shape index (κ3) is 3.98. The molecule has 1 heterocycles. The molecule has 4 fully saturated rings. The second-order valence-corrected chi connectivity index (χ2v) is 11.1. The summed E-state index contributed by atoms with van der Waals surface area (Å²) in [5.74, 6) is 1.80. The molecule has 4 saturated carbocycles. The summed E-state index contributed by atoms with van der Waals surface area (Å²) in [5, 5.41) is 13.6. The predicted molar refractivity (Wildman–Crippen MR) is 135 cm³/mol. The summed E-state index contributed by atoms with van der Waals surface area (Å²) in [5.41, 5.74) is 5.47. The molecule has 1 aromatic heterocycles. The Morgan fingerprint density at radius 3 is 2.29 bits per heavy atom. The average Bonchev–Trinajstić information content (AvgIpc) is 2.81. The summed E-state index contributed by atoms with van der Waals surface area (Å²) in [7, 11) is 0. The van der Waals surface area contributed by atoms with Gasteiger partial charge in [-0.1, -0.05) is 29.8 Å². The third-order valence-corrected chi connectivity index (χ3v) is 8.66. The number of halogens is 1. The van der Waals surface area contributed by atoms with Crippen molar-refractivity contribution in [1.82, 2.24) is 4.98 Å². The van der Waals surface area contributed by atoms with Gasteiger partial charge in [0.25, 0.3) is 0 Å². The number of anilines is 2. The summed E-state index contributed by atoms with van der Waals surface area (Å²) in [6.45, 7) is 0. The second kappa shape index (κ2) is 8.42. The van der Waals surface area contributed by atoms with Crippen molar-refractivity contribution >= 4 is 28.9 Å². The molecule has 0 aliphatic heterocycles. The minimum Gasteiger partial charge on any atom is -0.478 e. The fourth-order valence-corrected chi connectivity index (χ4v) is 7.47. The fourth-order valence-electron chi connectivity index (χ4n) is 7.24. The van der Waals surface area contributed by atoms with E-state index in [0.717, 1.165) is 39.7 Å². The third-order valence-electron chi connectivity index (χ3n) is 8.34. The lowest BCUT2D eigenvalue weighted by Crippen LogP contribution is -2.48. The molecular formula is C29H29ClN2O2. The van der Waals surface area contributed by atoms with E-state index in [-0.39, 0.29) is 5.56 Å². The Bertz CT molecular complexity index is 1200. The fraction of sp³-hybridized carbons (Fsp3) is 0.379. The van der Waals surface area contributed by atoms with Gasteiger partial charge < -0.3 is 10.4 Å². The number of carboxylic acids is 1. The molecule has 34 heavy (non-hydrogen) atoms. The molecule has 2 N–H and O–H groups in total. The van der Waals surface area contributed by atoms with Crippen molar-refractivity contribution in [3.8, 4) is 0 Å². The summed E-state index contributed by atoms with van der Waals surface area (Å²) in [6, 6.07) is 17.9. The molecule has 0 radical (unpaired) electrons. The number of hydrogen-bond donors (Lipinski definition) is 2. The van der Waals surface area contributed by atoms with Crippen LogP contribution in [0.5, 0.6) is 0 Å². The molecule has 3 aromatic rings. The Kier molecular flexibility index (Phi) is 5.37. The summed E-state index contributed by atoms with van der Waals surface area (Å²) in [6.07, 6.45) is 10.5. The first-order valence-electron chi connectivity index (χ1n) is 12.3. The summed E-state index contributed by atoms with van der Waals surface area (Å²) >= 11 is 6.78. The maximum absolute atomic E-state index is 11.4. The maximum Gasteiger partial charge on any atom is 0.337 e. The van der Waals surface area contributed by atoms with Crippen LogP contribution in [0, 0.1) is 17.8 Å². The summed E-state index contributed by atoms with van der Waals surface area (Å²) in [4.78, 5) is 15.7. The second-order valence-electron chi connectivity index (χ2n) is 10.7. The highest BCUT2D eigenvalue weighted by atomic mass is 35.5. The molecule has 0 saturated heterocycles. The van der Waals surface area contributed by atoms with E-state index in [2.05, 4.69) is 28.5 Å². The first-order chi connectivity index (χ1) is 16.5. The summed E-state index contributed by atoms with van der Waals surface area (Å²) < 4.78 is 0. The van der Waals surface area contributed by atoms with Gasteiger partial charge in [0, 0.05) is 18.3 Å². The topological polar surface area (TPSA) is 62.2 Å². The monoisotopic (exact) mass is 472 g/mol. The predicted octanol–water partition coefficient (Wildman–Crippen LogP) is 7.24. The lowest BCUT2D eigenvalue weighted by molar-refractivity contribution is -0.00518.